The smallest absolute Gasteiger partial charge is 0.0503 e. The van der Waals surface area contributed by atoms with E-state index >= 15 is 0 Å². The van der Waals surface area contributed by atoms with Crippen LogP contribution in [-0.4, -0.2) is 0 Å². The molecule has 0 bridgehead atoms. The van der Waals surface area contributed by atoms with E-state index in [9.17, 15) is 0 Å². The molecule has 0 spiro atoms. The Labute approximate surface area is 163 Å². The molecule has 0 saturated carbocycles. The molecule has 0 unspecified atom stereocenters. The van der Waals surface area contributed by atoms with Gasteiger partial charge in [-0.05, 0) is 69.0 Å². The van der Waals surface area contributed by atoms with Crippen LogP contribution in [-0.2, 0) is 5.41 Å². The SMILES string of the molecule is CCC1(CC)c2cc(C)ccc2N(c2ccc(C)cc2)c2ccc(C)cc21. The van der Waals surface area contributed by atoms with Gasteiger partial charge in [0, 0.05) is 11.1 Å². The van der Waals surface area contributed by atoms with E-state index in [-0.39, 0.29) is 5.41 Å². The van der Waals surface area contributed by atoms with Crippen LogP contribution in [0, 0.1) is 20.8 Å². The topological polar surface area (TPSA) is 3.24 Å². The number of hydrogen-bond acceptors (Lipinski definition) is 1. The summed E-state index contributed by atoms with van der Waals surface area (Å²) in [6.07, 6.45) is 2.22. The Kier molecular flexibility index (Phi) is 4.34. The van der Waals surface area contributed by atoms with Gasteiger partial charge in [0.1, 0.15) is 0 Å². The third-order valence-corrected chi connectivity index (χ3v) is 6.32. The summed E-state index contributed by atoms with van der Waals surface area (Å²) in [6.45, 7) is 11.2. The Bertz CT molecular complexity index is 922. The first-order valence-corrected chi connectivity index (χ1v) is 10.1. The van der Waals surface area contributed by atoms with Crippen LogP contribution in [0.2, 0.25) is 0 Å². The molecule has 1 heteroatoms. The van der Waals surface area contributed by atoms with Crippen LogP contribution < -0.4 is 4.90 Å². The van der Waals surface area contributed by atoms with E-state index in [1.54, 1.807) is 0 Å². The second-order valence-electron chi connectivity index (χ2n) is 8.00. The molecular weight excluding hydrogens is 326 g/mol. The van der Waals surface area contributed by atoms with Crippen molar-refractivity contribution in [3.8, 4) is 0 Å². The molecule has 1 heterocycles. The fraction of sp³-hybridized carbons (Fsp3) is 0.308. The summed E-state index contributed by atoms with van der Waals surface area (Å²) >= 11 is 0. The van der Waals surface area contributed by atoms with Gasteiger partial charge in [0.15, 0.2) is 0 Å². The molecule has 0 aromatic heterocycles. The Hall–Kier alpha value is -2.54. The molecule has 3 aromatic rings. The number of nitrogens with zero attached hydrogens (tertiary/aromatic N) is 1. The summed E-state index contributed by atoms with van der Waals surface area (Å²) in [5.41, 5.74) is 10.8. The van der Waals surface area contributed by atoms with Gasteiger partial charge >= 0.3 is 0 Å². The minimum Gasteiger partial charge on any atom is -0.310 e. The molecule has 0 fully saturated rings. The first kappa shape index (κ1) is 17.9. The highest BCUT2D eigenvalue weighted by atomic mass is 15.2. The molecule has 0 N–H and O–H groups in total. The molecule has 0 aliphatic carbocycles. The van der Waals surface area contributed by atoms with Crippen molar-refractivity contribution in [3.05, 3.63) is 88.5 Å². The summed E-state index contributed by atoms with van der Waals surface area (Å²) in [5, 5.41) is 0. The highest BCUT2D eigenvalue weighted by molar-refractivity contribution is 5.86. The van der Waals surface area contributed by atoms with Crippen LogP contribution in [0.5, 0.6) is 0 Å². The number of fused-ring (bicyclic) bond motifs is 2. The lowest BCUT2D eigenvalue weighted by Crippen LogP contribution is -2.34. The summed E-state index contributed by atoms with van der Waals surface area (Å²) < 4.78 is 0. The normalized spacial score (nSPS) is 14.6. The number of anilines is 3. The molecule has 0 saturated heterocycles. The van der Waals surface area contributed by atoms with E-state index < -0.39 is 0 Å². The van der Waals surface area contributed by atoms with Gasteiger partial charge in [-0.2, -0.15) is 0 Å². The molecule has 0 amide bonds. The van der Waals surface area contributed by atoms with Crippen molar-refractivity contribution in [1.82, 2.24) is 0 Å². The van der Waals surface area contributed by atoms with Crippen LogP contribution in [0.3, 0.4) is 0 Å². The summed E-state index contributed by atoms with van der Waals surface area (Å²) in [7, 11) is 0. The summed E-state index contributed by atoms with van der Waals surface area (Å²) in [4.78, 5) is 2.45. The van der Waals surface area contributed by atoms with Crippen LogP contribution in [0.15, 0.2) is 60.7 Å². The van der Waals surface area contributed by atoms with Crippen molar-refractivity contribution >= 4 is 17.1 Å². The maximum absolute atomic E-state index is 2.45. The van der Waals surface area contributed by atoms with E-state index in [0.717, 1.165) is 12.8 Å². The van der Waals surface area contributed by atoms with Crippen molar-refractivity contribution in [1.29, 1.82) is 0 Å². The lowest BCUT2D eigenvalue weighted by molar-refractivity contribution is 0.474. The van der Waals surface area contributed by atoms with Gasteiger partial charge < -0.3 is 4.90 Å². The molecule has 138 valence electrons. The molecule has 1 aliphatic heterocycles. The van der Waals surface area contributed by atoms with Gasteiger partial charge in [0.05, 0.1) is 11.4 Å². The zero-order valence-electron chi connectivity index (χ0n) is 17.1. The highest BCUT2D eigenvalue weighted by Crippen LogP contribution is 2.55. The van der Waals surface area contributed by atoms with Crippen molar-refractivity contribution < 1.29 is 0 Å². The quantitative estimate of drug-likeness (QED) is 0.470. The molecule has 3 aromatic carbocycles. The van der Waals surface area contributed by atoms with Gasteiger partial charge in [-0.1, -0.05) is 66.9 Å². The van der Waals surface area contributed by atoms with Crippen molar-refractivity contribution in [2.75, 3.05) is 4.90 Å². The van der Waals surface area contributed by atoms with Crippen molar-refractivity contribution in [3.63, 3.8) is 0 Å². The maximum Gasteiger partial charge on any atom is 0.0503 e. The Morgan fingerprint density at radius 3 is 1.52 bits per heavy atom. The van der Waals surface area contributed by atoms with E-state index in [1.165, 1.54) is 44.9 Å². The second-order valence-corrected chi connectivity index (χ2v) is 8.00. The summed E-state index contributed by atoms with van der Waals surface area (Å²) in [5.74, 6) is 0. The first-order valence-electron chi connectivity index (χ1n) is 10.1. The number of hydrogen-bond donors (Lipinski definition) is 0. The van der Waals surface area contributed by atoms with Gasteiger partial charge in [0.2, 0.25) is 0 Å². The monoisotopic (exact) mass is 355 g/mol. The van der Waals surface area contributed by atoms with E-state index in [0.29, 0.717) is 0 Å². The lowest BCUT2D eigenvalue weighted by atomic mass is 9.66. The largest absolute Gasteiger partial charge is 0.310 e. The molecule has 0 radical (unpaired) electrons. The highest BCUT2D eigenvalue weighted by Gasteiger charge is 2.41. The third-order valence-electron chi connectivity index (χ3n) is 6.32. The third kappa shape index (κ3) is 2.68. The Morgan fingerprint density at radius 2 is 1.07 bits per heavy atom. The molecule has 0 atom stereocenters. The zero-order valence-corrected chi connectivity index (χ0v) is 17.1. The van der Waals surface area contributed by atoms with Crippen LogP contribution in [0.1, 0.15) is 54.5 Å². The number of benzene rings is 3. The van der Waals surface area contributed by atoms with Gasteiger partial charge in [-0.25, -0.2) is 0 Å². The number of aryl methyl sites for hydroxylation is 3. The van der Waals surface area contributed by atoms with Gasteiger partial charge in [-0.15, -0.1) is 0 Å². The Balaban J connectivity index is 2.07. The van der Waals surface area contributed by atoms with Crippen LogP contribution in [0.4, 0.5) is 17.1 Å². The fourth-order valence-electron chi connectivity index (χ4n) is 4.72. The molecule has 4 rings (SSSR count). The predicted molar refractivity (Wildman–Crippen MR) is 117 cm³/mol. The Morgan fingerprint density at radius 1 is 0.630 bits per heavy atom. The molecule has 1 aliphatic rings. The zero-order chi connectivity index (χ0) is 19.2. The van der Waals surface area contributed by atoms with E-state index in [4.69, 9.17) is 0 Å². The summed E-state index contributed by atoms with van der Waals surface area (Å²) in [6, 6.07) is 22.8. The number of rotatable bonds is 3. The predicted octanol–water partition coefficient (Wildman–Crippen LogP) is 7.50. The minimum absolute atomic E-state index is 0.0733. The molecular formula is C26H29N. The van der Waals surface area contributed by atoms with E-state index in [2.05, 4.69) is 100 Å². The minimum atomic E-state index is 0.0733. The lowest BCUT2D eigenvalue weighted by Gasteiger charge is -2.45. The van der Waals surface area contributed by atoms with Gasteiger partial charge in [-0.3, -0.25) is 0 Å². The standard InChI is InChI=1S/C26H29N/c1-6-26(7-2)22-16-19(4)10-14-24(22)27(21-12-8-18(3)9-13-21)25-15-11-20(5)17-23(25)26/h8-17H,6-7H2,1-5H3. The van der Waals surface area contributed by atoms with E-state index in [1.807, 2.05) is 0 Å². The molecule has 27 heavy (non-hydrogen) atoms. The average Bonchev–Trinajstić information content (AvgIpc) is 2.67. The fourth-order valence-corrected chi connectivity index (χ4v) is 4.72. The van der Waals surface area contributed by atoms with Crippen LogP contribution in [0.25, 0.3) is 0 Å². The van der Waals surface area contributed by atoms with Crippen molar-refractivity contribution in [2.45, 2.75) is 52.9 Å². The molecule has 1 nitrogen and oxygen atoms in total. The van der Waals surface area contributed by atoms with Crippen molar-refractivity contribution in [2.24, 2.45) is 0 Å². The maximum atomic E-state index is 2.45. The van der Waals surface area contributed by atoms with Gasteiger partial charge in [0.25, 0.3) is 0 Å². The van der Waals surface area contributed by atoms with Crippen LogP contribution >= 0.6 is 0 Å². The average molecular weight is 356 g/mol. The second kappa shape index (κ2) is 6.56. The first-order chi connectivity index (χ1) is 13.0.